The van der Waals surface area contributed by atoms with Gasteiger partial charge in [0.15, 0.2) is 11.6 Å². The first-order valence-electron chi connectivity index (χ1n) is 8.30. The van der Waals surface area contributed by atoms with E-state index in [9.17, 15) is 18.0 Å². The number of carbonyl (C=O) groups excluding carboxylic acids is 2. The number of benzene rings is 1. The van der Waals surface area contributed by atoms with Crippen molar-refractivity contribution in [3.63, 3.8) is 0 Å². The number of hydrogen-bond donors (Lipinski definition) is 2. The third kappa shape index (κ3) is 6.06. The van der Waals surface area contributed by atoms with Gasteiger partial charge in [0.05, 0.1) is 13.5 Å². The number of hydrogen-bond acceptors (Lipinski definition) is 7. The van der Waals surface area contributed by atoms with Gasteiger partial charge in [0, 0.05) is 31.5 Å². The summed E-state index contributed by atoms with van der Waals surface area (Å²) >= 11 is 0. The van der Waals surface area contributed by atoms with Crippen LogP contribution in [0.5, 0.6) is 5.75 Å². The van der Waals surface area contributed by atoms with Gasteiger partial charge in [-0.1, -0.05) is 6.07 Å². The summed E-state index contributed by atoms with van der Waals surface area (Å²) in [5.41, 5.74) is 0.499. The SMILES string of the molecule is COc1cccc(NC(=O)COC(=O)CCNS(=O)(=O)c2cn(C)c(C)n2)c1. The number of imidazole rings is 1. The van der Waals surface area contributed by atoms with Crippen molar-refractivity contribution in [2.45, 2.75) is 18.4 Å². The number of aromatic nitrogens is 2. The Labute approximate surface area is 162 Å². The van der Waals surface area contributed by atoms with Crippen molar-refractivity contribution in [1.82, 2.24) is 14.3 Å². The van der Waals surface area contributed by atoms with E-state index in [0.717, 1.165) is 0 Å². The van der Waals surface area contributed by atoms with Crippen molar-refractivity contribution in [1.29, 1.82) is 0 Å². The normalized spacial score (nSPS) is 11.1. The van der Waals surface area contributed by atoms with Crippen LogP contribution in [0.15, 0.2) is 35.5 Å². The van der Waals surface area contributed by atoms with Crippen LogP contribution < -0.4 is 14.8 Å². The number of carbonyl (C=O) groups is 2. The molecule has 0 aliphatic rings. The molecule has 10 nitrogen and oxygen atoms in total. The number of esters is 1. The van der Waals surface area contributed by atoms with Crippen LogP contribution in [0.1, 0.15) is 12.2 Å². The molecule has 0 aliphatic heterocycles. The molecule has 0 atom stereocenters. The lowest BCUT2D eigenvalue weighted by molar-refractivity contribution is -0.147. The van der Waals surface area contributed by atoms with Gasteiger partial charge < -0.3 is 19.4 Å². The van der Waals surface area contributed by atoms with Crippen molar-refractivity contribution in [2.75, 3.05) is 25.6 Å². The Morgan fingerprint density at radius 3 is 2.68 bits per heavy atom. The Hall–Kier alpha value is -2.92. The highest BCUT2D eigenvalue weighted by Crippen LogP contribution is 2.16. The van der Waals surface area contributed by atoms with Gasteiger partial charge in [0.2, 0.25) is 0 Å². The number of sulfonamides is 1. The minimum absolute atomic E-state index is 0.126. The summed E-state index contributed by atoms with van der Waals surface area (Å²) in [5.74, 6) is -0.112. The zero-order valence-electron chi connectivity index (χ0n) is 15.8. The van der Waals surface area contributed by atoms with E-state index in [1.54, 1.807) is 42.8 Å². The fourth-order valence-corrected chi connectivity index (χ4v) is 3.20. The predicted molar refractivity (Wildman–Crippen MR) is 100 cm³/mol. The Morgan fingerprint density at radius 1 is 1.29 bits per heavy atom. The molecule has 1 amide bonds. The quantitative estimate of drug-likeness (QED) is 0.579. The molecule has 28 heavy (non-hydrogen) atoms. The van der Waals surface area contributed by atoms with Gasteiger partial charge in [-0.25, -0.2) is 18.1 Å². The lowest BCUT2D eigenvalue weighted by atomic mass is 10.3. The Bertz CT molecular complexity index is 935. The van der Waals surface area contributed by atoms with Crippen molar-refractivity contribution in [3.05, 3.63) is 36.3 Å². The number of rotatable bonds is 9. The van der Waals surface area contributed by atoms with E-state index in [2.05, 4.69) is 15.0 Å². The molecule has 0 spiro atoms. The van der Waals surface area contributed by atoms with Crippen molar-refractivity contribution in [2.24, 2.45) is 7.05 Å². The Balaban J connectivity index is 1.74. The van der Waals surface area contributed by atoms with E-state index in [0.29, 0.717) is 17.3 Å². The topological polar surface area (TPSA) is 129 Å². The van der Waals surface area contributed by atoms with Crippen molar-refractivity contribution < 1.29 is 27.5 Å². The van der Waals surface area contributed by atoms with E-state index < -0.39 is 28.5 Å². The molecule has 0 aliphatic carbocycles. The molecule has 2 aromatic rings. The minimum atomic E-state index is -3.82. The molecule has 0 saturated carbocycles. The first-order chi connectivity index (χ1) is 13.2. The van der Waals surface area contributed by atoms with Crippen LogP contribution >= 0.6 is 0 Å². The van der Waals surface area contributed by atoms with E-state index in [1.807, 2.05) is 0 Å². The number of nitrogens with one attached hydrogen (secondary N) is 2. The van der Waals surface area contributed by atoms with Gasteiger partial charge in [-0.3, -0.25) is 9.59 Å². The molecule has 0 bridgehead atoms. The smallest absolute Gasteiger partial charge is 0.307 e. The highest BCUT2D eigenvalue weighted by Gasteiger charge is 2.18. The van der Waals surface area contributed by atoms with Gasteiger partial charge >= 0.3 is 5.97 Å². The maximum atomic E-state index is 12.1. The molecule has 2 N–H and O–H groups in total. The first kappa shape index (κ1) is 21.4. The number of ether oxygens (including phenoxy) is 2. The molecule has 0 fully saturated rings. The lowest BCUT2D eigenvalue weighted by Gasteiger charge is -2.08. The lowest BCUT2D eigenvalue weighted by Crippen LogP contribution is -2.28. The number of amides is 1. The number of nitrogens with zero attached hydrogens (tertiary/aromatic N) is 2. The fourth-order valence-electron chi connectivity index (χ4n) is 2.13. The minimum Gasteiger partial charge on any atom is -0.497 e. The summed E-state index contributed by atoms with van der Waals surface area (Å²) in [7, 11) is -0.635. The monoisotopic (exact) mass is 410 g/mol. The summed E-state index contributed by atoms with van der Waals surface area (Å²) in [6.07, 6.45) is 1.15. The number of methoxy groups -OCH3 is 1. The highest BCUT2D eigenvalue weighted by molar-refractivity contribution is 7.89. The highest BCUT2D eigenvalue weighted by atomic mass is 32.2. The largest absolute Gasteiger partial charge is 0.497 e. The first-order valence-corrected chi connectivity index (χ1v) is 9.79. The maximum Gasteiger partial charge on any atom is 0.307 e. The van der Waals surface area contributed by atoms with Gasteiger partial charge in [-0.05, 0) is 19.1 Å². The molecule has 1 aromatic heterocycles. The van der Waals surface area contributed by atoms with Gasteiger partial charge in [0.1, 0.15) is 11.6 Å². The molecule has 152 valence electrons. The Kier molecular flexibility index (Phi) is 7.12. The second kappa shape index (κ2) is 9.33. The number of anilines is 1. The second-order valence-corrected chi connectivity index (χ2v) is 7.54. The molecule has 11 heteroatoms. The van der Waals surface area contributed by atoms with E-state index in [1.165, 1.54) is 13.3 Å². The van der Waals surface area contributed by atoms with Gasteiger partial charge in [0.25, 0.3) is 15.9 Å². The van der Waals surface area contributed by atoms with Crippen LogP contribution in [-0.4, -0.2) is 50.1 Å². The fraction of sp³-hybridized carbons (Fsp3) is 0.353. The molecule has 1 aromatic carbocycles. The van der Waals surface area contributed by atoms with Crippen LogP contribution in [0.4, 0.5) is 5.69 Å². The molecular formula is C17H22N4O6S. The average molecular weight is 410 g/mol. The molecular weight excluding hydrogens is 388 g/mol. The molecule has 1 heterocycles. The molecule has 0 saturated heterocycles. The summed E-state index contributed by atoms with van der Waals surface area (Å²) in [6.45, 7) is 1.02. The zero-order chi connectivity index (χ0) is 20.7. The van der Waals surface area contributed by atoms with Gasteiger partial charge in [-0.15, -0.1) is 0 Å². The summed E-state index contributed by atoms with van der Waals surface area (Å²) in [6, 6.07) is 6.71. The van der Waals surface area contributed by atoms with Crippen LogP contribution in [0.2, 0.25) is 0 Å². The van der Waals surface area contributed by atoms with Crippen LogP contribution in [0, 0.1) is 6.92 Å². The van der Waals surface area contributed by atoms with E-state index in [-0.39, 0.29) is 18.0 Å². The van der Waals surface area contributed by atoms with E-state index >= 15 is 0 Å². The summed E-state index contributed by atoms with van der Waals surface area (Å²) in [5, 5.41) is 2.44. The van der Waals surface area contributed by atoms with Crippen LogP contribution in [0.25, 0.3) is 0 Å². The second-order valence-electron chi connectivity index (χ2n) is 5.83. The maximum absolute atomic E-state index is 12.1. The van der Waals surface area contributed by atoms with Crippen molar-refractivity contribution >= 4 is 27.6 Å². The number of aryl methyl sites for hydroxylation is 2. The molecule has 2 rings (SSSR count). The van der Waals surface area contributed by atoms with Crippen molar-refractivity contribution in [3.8, 4) is 5.75 Å². The Morgan fingerprint density at radius 2 is 2.04 bits per heavy atom. The molecule has 0 unspecified atom stereocenters. The van der Waals surface area contributed by atoms with Gasteiger partial charge in [-0.2, -0.15) is 0 Å². The average Bonchev–Trinajstić information content (AvgIpc) is 3.00. The van der Waals surface area contributed by atoms with E-state index in [4.69, 9.17) is 9.47 Å². The summed E-state index contributed by atoms with van der Waals surface area (Å²) < 4.78 is 37.9. The summed E-state index contributed by atoms with van der Waals surface area (Å²) in [4.78, 5) is 27.4. The van der Waals surface area contributed by atoms with Crippen LogP contribution in [0.3, 0.4) is 0 Å². The predicted octanol–water partition coefficient (Wildman–Crippen LogP) is 0.587. The standard InChI is InChI=1S/C17H22N4O6S/c1-12-19-16(10-21(12)2)28(24,25)18-8-7-17(23)27-11-15(22)20-13-5-4-6-14(9-13)26-3/h4-6,9-10,18H,7-8,11H2,1-3H3,(H,20,22). The molecule has 0 radical (unpaired) electrons. The third-order valence-electron chi connectivity index (χ3n) is 3.70. The zero-order valence-corrected chi connectivity index (χ0v) is 16.6. The van der Waals surface area contributed by atoms with Crippen LogP contribution in [-0.2, 0) is 31.4 Å². The third-order valence-corrected chi connectivity index (χ3v) is 5.03.